The van der Waals surface area contributed by atoms with Gasteiger partial charge < -0.3 is 14.8 Å². The molecular weight excluding hydrogens is 318 g/mol. The molecule has 6 heteroatoms. The van der Waals surface area contributed by atoms with Gasteiger partial charge in [0.1, 0.15) is 0 Å². The van der Waals surface area contributed by atoms with Gasteiger partial charge in [-0.05, 0) is 49.3 Å². The Morgan fingerprint density at radius 1 is 1.12 bits per heavy atom. The highest BCUT2D eigenvalue weighted by Crippen LogP contribution is 2.33. The fraction of sp³-hybridized carbons (Fsp3) is 0.632. The van der Waals surface area contributed by atoms with Crippen LogP contribution in [-0.4, -0.2) is 32.7 Å². The lowest BCUT2D eigenvalue weighted by Crippen LogP contribution is -2.42. The first-order chi connectivity index (χ1) is 12.1. The van der Waals surface area contributed by atoms with Gasteiger partial charge in [-0.1, -0.05) is 13.0 Å². The molecule has 25 heavy (non-hydrogen) atoms. The standard InChI is InChI=1S/C19H29N3O3/c1-12-4-7-14(8-5-12)21-19(23)15-11-20-22-18(15)13-6-9-16(24-2)17(10-13)25-3/h6,9-10,12,14-15,18,20,22H,4-5,7-8,11H2,1-3H3,(H,21,23). The van der Waals surface area contributed by atoms with Gasteiger partial charge in [0.25, 0.3) is 0 Å². The van der Waals surface area contributed by atoms with Gasteiger partial charge >= 0.3 is 0 Å². The van der Waals surface area contributed by atoms with E-state index in [-0.39, 0.29) is 17.9 Å². The van der Waals surface area contributed by atoms with Crippen molar-refractivity contribution in [3.05, 3.63) is 23.8 Å². The lowest BCUT2D eigenvalue weighted by molar-refractivity contribution is -0.125. The second-order valence-electron chi connectivity index (χ2n) is 7.19. The van der Waals surface area contributed by atoms with Crippen molar-refractivity contribution in [2.24, 2.45) is 11.8 Å². The number of hydrazine groups is 1. The molecule has 2 atom stereocenters. The van der Waals surface area contributed by atoms with E-state index in [1.165, 1.54) is 12.8 Å². The zero-order valence-electron chi connectivity index (χ0n) is 15.3. The van der Waals surface area contributed by atoms with Gasteiger partial charge in [0.05, 0.1) is 26.2 Å². The molecule has 2 fully saturated rings. The van der Waals surface area contributed by atoms with Gasteiger partial charge in [-0.2, -0.15) is 0 Å². The number of hydrogen-bond acceptors (Lipinski definition) is 5. The number of carbonyl (C=O) groups excluding carboxylic acids is 1. The minimum atomic E-state index is -0.141. The summed E-state index contributed by atoms with van der Waals surface area (Å²) < 4.78 is 10.7. The summed E-state index contributed by atoms with van der Waals surface area (Å²) >= 11 is 0. The number of nitrogens with one attached hydrogen (secondary N) is 3. The summed E-state index contributed by atoms with van der Waals surface area (Å²) in [6.45, 7) is 2.91. The van der Waals surface area contributed by atoms with Gasteiger partial charge in [0, 0.05) is 12.6 Å². The average Bonchev–Trinajstić information content (AvgIpc) is 3.13. The predicted octanol–water partition coefficient (Wildman–Crippen LogP) is 2.16. The molecule has 1 aromatic carbocycles. The average molecular weight is 347 g/mol. The normalized spacial score (nSPS) is 29.2. The summed E-state index contributed by atoms with van der Waals surface area (Å²) in [5, 5.41) is 3.26. The molecule has 6 nitrogen and oxygen atoms in total. The zero-order chi connectivity index (χ0) is 17.8. The number of hydrogen-bond donors (Lipinski definition) is 3. The van der Waals surface area contributed by atoms with E-state index < -0.39 is 0 Å². The van der Waals surface area contributed by atoms with Gasteiger partial charge in [-0.15, -0.1) is 0 Å². The highest BCUT2D eigenvalue weighted by Gasteiger charge is 2.35. The van der Waals surface area contributed by atoms with Crippen molar-refractivity contribution >= 4 is 5.91 Å². The van der Waals surface area contributed by atoms with Crippen LogP contribution in [0.1, 0.15) is 44.2 Å². The van der Waals surface area contributed by atoms with Gasteiger partial charge in [-0.3, -0.25) is 10.2 Å². The third-order valence-electron chi connectivity index (χ3n) is 5.45. The van der Waals surface area contributed by atoms with Crippen LogP contribution in [0.5, 0.6) is 11.5 Å². The Hall–Kier alpha value is -1.79. The largest absolute Gasteiger partial charge is 0.493 e. The monoisotopic (exact) mass is 347 g/mol. The molecule has 3 rings (SSSR count). The third-order valence-corrected chi connectivity index (χ3v) is 5.45. The van der Waals surface area contributed by atoms with Crippen molar-refractivity contribution in [3.8, 4) is 11.5 Å². The summed E-state index contributed by atoms with van der Waals surface area (Å²) in [5.74, 6) is 2.13. The molecule has 0 radical (unpaired) electrons. The summed E-state index contributed by atoms with van der Waals surface area (Å²) in [7, 11) is 3.24. The zero-order valence-corrected chi connectivity index (χ0v) is 15.3. The van der Waals surface area contributed by atoms with Crippen LogP contribution in [0.4, 0.5) is 0 Å². The Morgan fingerprint density at radius 3 is 2.52 bits per heavy atom. The molecule has 138 valence electrons. The molecule has 0 aromatic heterocycles. The Kier molecular flexibility index (Phi) is 5.81. The van der Waals surface area contributed by atoms with Crippen LogP contribution in [0.2, 0.25) is 0 Å². The Bertz CT molecular complexity index is 600. The molecule has 1 saturated heterocycles. The van der Waals surface area contributed by atoms with E-state index in [0.717, 1.165) is 24.3 Å². The number of amides is 1. The quantitative estimate of drug-likeness (QED) is 0.761. The van der Waals surface area contributed by atoms with Crippen LogP contribution in [0, 0.1) is 11.8 Å². The van der Waals surface area contributed by atoms with E-state index in [9.17, 15) is 4.79 Å². The van der Waals surface area contributed by atoms with E-state index in [4.69, 9.17) is 9.47 Å². The first-order valence-electron chi connectivity index (χ1n) is 9.13. The smallest absolute Gasteiger partial charge is 0.226 e. The number of carbonyl (C=O) groups is 1. The SMILES string of the molecule is COc1ccc(C2NNCC2C(=O)NC2CCC(C)CC2)cc1OC. The van der Waals surface area contributed by atoms with Crippen molar-refractivity contribution in [1.82, 2.24) is 16.2 Å². The van der Waals surface area contributed by atoms with Crippen LogP contribution in [-0.2, 0) is 4.79 Å². The number of rotatable bonds is 5. The third kappa shape index (κ3) is 4.07. The molecule has 2 aliphatic rings. The molecule has 3 N–H and O–H groups in total. The van der Waals surface area contributed by atoms with E-state index in [0.29, 0.717) is 24.1 Å². The second kappa shape index (κ2) is 8.06. The first kappa shape index (κ1) is 18.0. The molecule has 2 unspecified atom stereocenters. The Labute approximate surface area is 149 Å². The maximum Gasteiger partial charge on any atom is 0.226 e. The molecule has 0 spiro atoms. The van der Waals surface area contributed by atoms with Gasteiger partial charge in [0.15, 0.2) is 11.5 Å². The molecule has 1 saturated carbocycles. The summed E-state index contributed by atoms with van der Waals surface area (Å²) in [6, 6.07) is 6.03. The summed E-state index contributed by atoms with van der Waals surface area (Å²) in [4.78, 5) is 12.8. The second-order valence-corrected chi connectivity index (χ2v) is 7.19. The fourth-order valence-corrected chi connectivity index (χ4v) is 3.82. The van der Waals surface area contributed by atoms with E-state index in [1.54, 1.807) is 14.2 Å². The molecule has 1 aliphatic heterocycles. The lowest BCUT2D eigenvalue weighted by Gasteiger charge is -2.28. The summed E-state index contributed by atoms with van der Waals surface area (Å²) in [5.41, 5.74) is 7.37. The van der Waals surface area contributed by atoms with Crippen LogP contribution in [0.25, 0.3) is 0 Å². The van der Waals surface area contributed by atoms with E-state index in [2.05, 4.69) is 23.1 Å². The van der Waals surface area contributed by atoms with Crippen molar-refractivity contribution in [2.75, 3.05) is 20.8 Å². The maximum absolute atomic E-state index is 12.8. The summed E-state index contributed by atoms with van der Waals surface area (Å²) in [6.07, 6.45) is 4.57. The van der Waals surface area contributed by atoms with Crippen molar-refractivity contribution in [3.63, 3.8) is 0 Å². The molecular formula is C19H29N3O3. The molecule has 0 bridgehead atoms. The van der Waals surface area contributed by atoms with Crippen LogP contribution in [0.3, 0.4) is 0 Å². The predicted molar refractivity (Wildman–Crippen MR) is 96.5 cm³/mol. The minimum absolute atomic E-state index is 0.0812. The minimum Gasteiger partial charge on any atom is -0.493 e. The van der Waals surface area contributed by atoms with Crippen molar-refractivity contribution in [1.29, 1.82) is 0 Å². The number of methoxy groups -OCH3 is 2. The van der Waals surface area contributed by atoms with Crippen molar-refractivity contribution < 1.29 is 14.3 Å². The highest BCUT2D eigenvalue weighted by atomic mass is 16.5. The van der Waals surface area contributed by atoms with Gasteiger partial charge in [0.2, 0.25) is 5.91 Å². The number of benzene rings is 1. The fourth-order valence-electron chi connectivity index (χ4n) is 3.82. The Balaban J connectivity index is 1.68. The lowest BCUT2D eigenvalue weighted by atomic mass is 9.86. The topological polar surface area (TPSA) is 71.6 Å². The first-order valence-corrected chi connectivity index (χ1v) is 9.13. The highest BCUT2D eigenvalue weighted by molar-refractivity contribution is 5.80. The van der Waals surface area contributed by atoms with Gasteiger partial charge in [-0.25, -0.2) is 5.43 Å². The molecule has 1 heterocycles. The van der Waals surface area contributed by atoms with Crippen LogP contribution >= 0.6 is 0 Å². The van der Waals surface area contributed by atoms with Crippen molar-refractivity contribution in [2.45, 2.75) is 44.7 Å². The maximum atomic E-state index is 12.8. The van der Waals surface area contributed by atoms with E-state index in [1.807, 2.05) is 18.2 Å². The number of ether oxygens (including phenoxy) is 2. The van der Waals surface area contributed by atoms with E-state index >= 15 is 0 Å². The Morgan fingerprint density at radius 2 is 1.84 bits per heavy atom. The molecule has 1 aliphatic carbocycles. The molecule has 1 amide bonds. The van der Waals surface area contributed by atoms with Crippen LogP contribution < -0.4 is 25.6 Å². The molecule has 1 aromatic rings. The van der Waals surface area contributed by atoms with Crippen LogP contribution in [0.15, 0.2) is 18.2 Å².